The summed E-state index contributed by atoms with van der Waals surface area (Å²) in [7, 11) is 0. The predicted molar refractivity (Wildman–Crippen MR) is 89.0 cm³/mol. The van der Waals surface area contributed by atoms with Crippen LogP contribution in [0.15, 0.2) is 30.6 Å². The van der Waals surface area contributed by atoms with E-state index in [0.29, 0.717) is 36.7 Å². The molecule has 24 heavy (non-hydrogen) atoms. The van der Waals surface area contributed by atoms with Gasteiger partial charge in [-0.2, -0.15) is 0 Å². The minimum absolute atomic E-state index is 0.00575. The molecule has 2 aromatic rings. The zero-order chi connectivity index (χ0) is 16.9. The molecule has 126 valence electrons. The van der Waals surface area contributed by atoms with E-state index in [1.165, 1.54) is 6.33 Å². The first-order valence-corrected chi connectivity index (χ1v) is 7.96. The average Bonchev–Trinajstić information content (AvgIpc) is 2.58. The number of amides is 1. The molecular weight excluding hydrogens is 332 g/mol. The van der Waals surface area contributed by atoms with Crippen LogP contribution in [-0.4, -0.2) is 34.1 Å². The summed E-state index contributed by atoms with van der Waals surface area (Å²) >= 11 is 5.49. The first-order chi connectivity index (χ1) is 11.7. The number of hydrogen-bond acceptors (Lipinski definition) is 6. The normalized spacial score (nSPS) is 13.8. The number of aliphatic hydroxyl groups excluding tert-OH is 1. The molecule has 0 saturated carbocycles. The molecule has 0 bridgehead atoms. The van der Waals surface area contributed by atoms with E-state index in [9.17, 15) is 9.90 Å². The molecule has 1 amide bonds. The Labute approximate surface area is 144 Å². The van der Waals surface area contributed by atoms with Crippen LogP contribution in [0.5, 0.6) is 11.6 Å². The number of halogens is 1. The van der Waals surface area contributed by atoms with E-state index in [4.69, 9.17) is 16.5 Å². The Kier molecular flexibility index (Phi) is 5.24. The van der Waals surface area contributed by atoms with Gasteiger partial charge in [0.05, 0.1) is 24.5 Å². The lowest BCUT2D eigenvalue weighted by atomic mass is 10.00. The molecule has 0 radical (unpaired) electrons. The third kappa shape index (κ3) is 3.48. The van der Waals surface area contributed by atoms with Crippen molar-refractivity contribution in [3.8, 4) is 11.6 Å². The van der Waals surface area contributed by atoms with Gasteiger partial charge in [-0.25, -0.2) is 14.8 Å². The van der Waals surface area contributed by atoms with Gasteiger partial charge in [-0.1, -0.05) is 6.07 Å². The van der Waals surface area contributed by atoms with Gasteiger partial charge in [0.1, 0.15) is 12.1 Å². The Bertz CT molecular complexity index is 741. The number of aromatic nitrogens is 2. The summed E-state index contributed by atoms with van der Waals surface area (Å²) in [5.41, 5.74) is 2.41. The zero-order valence-electron chi connectivity index (χ0n) is 12.9. The molecule has 7 nitrogen and oxygen atoms in total. The van der Waals surface area contributed by atoms with E-state index in [2.05, 4.69) is 14.8 Å². The van der Waals surface area contributed by atoms with E-state index in [1.807, 2.05) is 18.2 Å². The number of β-amino-alcohol motifs (C(OH)–C–C–N with tert-alkyl or cyclic N) is 1. The Balaban J connectivity index is 1.90. The number of fused-ring (bicyclic) bond motifs is 1. The lowest BCUT2D eigenvalue weighted by molar-refractivity contribution is -0.119. The minimum atomic E-state index is -0.0863. The quantitative estimate of drug-likeness (QED) is 0.774. The van der Waals surface area contributed by atoms with E-state index < -0.39 is 0 Å². The number of benzene rings is 1. The first kappa shape index (κ1) is 16.6. The second-order valence-corrected chi connectivity index (χ2v) is 5.55. The highest BCUT2D eigenvalue weighted by Gasteiger charge is 2.26. The SMILES string of the molecule is O=C1CCc2c(Oc3cc(CNCl)ncn3)cccc2N1CCO. The van der Waals surface area contributed by atoms with Crippen molar-refractivity contribution in [1.29, 1.82) is 0 Å². The van der Waals surface area contributed by atoms with Crippen molar-refractivity contribution in [2.24, 2.45) is 0 Å². The van der Waals surface area contributed by atoms with Crippen LogP contribution in [0.2, 0.25) is 0 Å². The third-order valence-corrected chi connectivity index (χ3v) is 3.91. The lowest BCUT2D eigenvalue weighted by Crippen LogP contribution is -2.37. The molecular formula is C16H17ClN4O3. The number of nitrogens with one attached hydrogen (secondary N) is 1. The average molecular weight is 349 g/mol. The molecule has 2 heterocycles. The minimum Gasteiger partial charge on any atom is -0.439 e. The maximum atomic E-state index is 12.1. The van der Waals surface area contributed by atoms with Crippen molar-refractivity contribution >= 4 is 23.4 Å². The fourth-order valence-corrected chi connectivity index (χ4v) is 2.85. The molecule has 3 rings (SSSR count). The molecule has 1 aliphatic heterocycles. The highest BCUT2D eigenvalue weighted by Crippen LogP contribution is 2.36. The van der Waals surface area contributed by atoms with Crippen LogP contribution in [0.3, 0.4) is 0 Å². The fraction of sp³-hybridized carbons (Fsp3) is 0.312. The van der Waals surface area contributed by atoms with Crippen molar-refractivity contribution in [2.45, 2.75) is 19.4 Å². The summed E-state index contributed by atoms with van der Waals surface area (Å²) in [5, 5.41) is 9.19. The van der Waals surface area contributed by atoms with Crippen molar-refractivity contribution < 1.29 is 14.6 Å². The summed E-state index contributed by atoms with van der Waals surface area (Å²) in [6, 6.07) is 7.22. The molecule has 0 aliphatic carbocycles. The molecule has 2 N–H and O–H groups in total. The van der Waals surface area contributed by atoms with Gasteiger partial charge >= 0.3 is 0 Å². The molecule has 0 atom stereocenters. The highest BCUT2D eigenvalue weighted by atomic mass is 35.5. The van der Waals surface area contributed by atoms with Crippen LogP contribution >= 0.6 is 11.8 Å². The van der Waals surface area contributed by atoms with Gasteiger partial charge in [-0.15, -0.1) is 0 Å². The first-order valence-electron chi connectivity index (χ1n) is 7.58. The topological polar surface area (TPSA) is 87.6 Å². The van der Waals surface area contributed by atoms with Crippen molar-refractivity contribution in [2.75, 3.05) is 18.1 Å². The van der Waals surface area contributed by atoms with Crippen LogP contribution in [0.25, 0.3) is 0 Å². The van der Waals surface area contributed by atoms with E-state index >= 15 is 0 Å². The standard InChI is InChI=1S/C16H17ClN4O3/c17-20-9-11-8-15(19-10-18-11)24-14-3-1-2-13-12(14)4-5-16(23)21(13)6-7-22/h1-3,8,10,20,22H,4-7,9H2. The van der Waals surface area contributed by atoms with Crippen LogP contribution in [0.4, 0.5) is 5.69 Å². The van der Waals surface area contributed by atoms with Gasteiger partial charge in [-0.3, -0.25) is 4.79 Å². The summed E-state index contributed by atoms with van der Waals surface area (Å²) in [5.74, 6) is 1.06. The summed E-state index contributed by atoms with van der Waals surface area (Å²) in [6.45, 7) is 0.581. The predicted octanol–water partition coefficient (Wildman–Crippen LogP) is 1.78. The number of rotatable bonds is 6. The lowest BCUT2D eigenvalue weighted by Gasteiger charge is -2.29. The Morgan fingerprint density at radius 1 is 1.33 bits per heavy atom. The van der Waals surface area contributed by atoms with E-state index in [0.717, 1.165) is 11.3 Å². The number of aliphatic hydroxyl groups is 1. The van der Waals surface area contributed by atoms with Crippen molar-refractivity contribution in [3.63, 3.8) is 0 Å². The highest BCUT2D eigenvalue weighted by molar-refractivity contribution is 6.13. The third-order valence-electron chi connectivity index (χ3n) is 3.77. The van der Waals surface area contributed by atoms with E-state index in [1.54, 1.807) is 11.0 Å². The van der Waals surface area contributed by atoms with Crippen molar-refractivity contribution in [1.82, 2.24) is 14.8 Å². The fourth-order valence-electron chi connectivity index (χ4n) is 2.71. The molecule has 1 aliphatic rings. The molecule has 0 unspecified atom stereocenters. The molecule has 0 saturated heterocycles. The van der Waals surface area contributed by atoms with Gasteiger partial charge in [-0.05, 0) is 30.3 Å². The summed E-state index contributed by atoms with van der Waals surface area (Å²) in [6.07, 6.45) is 2.39. The number of hydrogen-bond donors (Lipinski definition) is 2. The monoisotopic (exact) mass is 348 g/mol. The maximum Gasteiger partial charge on any atom is 0.227 e. The largest absolute Gasteiger partial charge is 0.439 e. The van der Waals surface area contributed by atoms with Crippen LogP contribution in [0, 0.1) is 0 Å². The van der Waals surface area contributed by atoms with Crippen molar-refractivity contribution in [3.05, 3.63) is 41.9 Å². The van der Waals surface area contributed by atoms with Gasteiger partial charge in [0, 0.05) is 24.6 Å². The van der Waals surface area contributed by atoms with Gasteiger partial charge in [0.15, 0.2) is 0 Å². The molecule has 8 heteroatoms. The molecule has 0 fully saturated rings. The number of carbonyl (C=O) groups excluding carboxylic acids is 1. The van der Waals surface area contributed by atoms with Gasteiger partial charge < -0.3 is 14.7 Å². The van der Waals surface area contributed by atoms with E-state index in [-0.39, 0.29) is 19.1 Å². The number of anilines is 1. The van der Waals surface area contributed by atoms with Crippen LogP contribution in [0.1, 0.15) is 17.7 Å². The molecule has 0 spiro atoms. The number of nitrogens with zero attached hydrogens (tertiary/aromatic N) is 3. The van der Waals surface area contributed by atoms with Crippen LogP contribution < -0.4 is 14.5 Å². The second-order valence-electron chi connectivity index (χ2n) is 5.28. The Morgan fingerprint density at radius 2 is 2.21 bits per heavy atom. The maximum absolute atomic E-state index is 12.1. The van der Waals surface area contributed by atoms with Gasteiger partial charge in [0.2, 0.25) is 11.8 Å². The summed E-state index contributed by atoms with van der Waals surface area (Å²) in [4.78, 5) is 24.4. The van der Waals surface area contributed by atoms with Gasteiger partial charge in [0.25, 0.3) is 0 Å². The molecule has 1 aromatic heterocycles. The smallest absolute Gasteiger partial charge is 0.227 e. The summed E-state index contributed by atoms with van der Waals surface area (Å²) < 4.78 is 5.90. The number of carbonyl (C=O) groups is 1. The van der Waals surface area contributed by atoms with Crippen LogP contribution in [-0.2, 0) is 17.8 Å². The second kappa shape index (κ2) is 7.57. The Morgan fingerprint density at radius 3 is 3.00 bits per heavy atom. The zero-order valence-corrected chi connectivity index (χ0v) is 13.7. The molecule has 1 aromatic carbocycles. The Hall–Kier alpha value is -2.22. The number of ether oxygens (including phenoxy) is 1.